The summed E-state index contributed by atoms with van der Waals surface area (Å²) < 4.78 is 66.4. The number of nitrogens with zero attached hydrogens (tertiary/aromatic N) is 1. The van der Waals surface area contributed by atoms with Crippen LogP contribution in [0.5, 0.6) is 17.2 Å². The second-order valence-electron chi connectivity index (χ2n) is 6.65. The second kappa shape index (κ2) is 9.82. The molecular weight excluding hydrogens is 447 g/mol. The number of esters is 2. The third-order valence-corrected chi connectivity index (χ3v) is 4.70. The summed E-state index contributed by atoms with van der Waals surface area (Å²) in [5.41, 5.74) is -1.72. The summed E-state index contributed by atoms with van der Waals surface area (Å²) >= 11 is 0. The highest BCUT2D eigenvalue weighted by atomic mass is 19.4. The lowest BCUT2D eigenvalue weighted by molar-refractivity contribution is -0.140. The predicted octanol–water partition coefficient (Wildman–Crippen LogP) is 3.90. The summed E-state index contributed by atoms with van der Waals surface area (Å²) in [5.74, 6) is -1.35. The van der Waals surface area contributed by atoms with Gasteiger partial charge < -0.3 is 28.6 Å². The standard InChI is InChI=1S/C22H20F3NO7/c1-29-17-6-4-5-7-18(17)33-16-9-8-13(22(23,24)25)10-15(16)26-12-32-11-14(20(27)30-2)19(26)21(28)31-3/h4-10H,11-12H2,1-3H3. The molecule has 2 aromatic carbocycles. The first-order valence-electron chi connectivity index (χ1n) is 9.48. The lowest BCUT2D eigenvalue weighted by Crippen LogP contribution is -2.39. The fraction of sp³-hybridized carbons (Fsp3) is 0.273. The number of para-hydroxylation sites is 2. The van der Waals surface area contributed by atoms with E-state index < -0.39 is 23.7 Å². The fourth-order valence-electron chi connectivity index (χ4n) is 3.15. The van der Waals surface area contributed by atoms with E-state index >= 15 is 0 Å². The highest BCUT2D eigenvalue weighted by molar-refractivity contribution is 6.03. The molecule has 176 valence electrons. The van der Waals surface area contributed by atoms with Crippen LogP contribution in [-0.4, -0.2) is 46.6 Å². The monoisotopic (exact) mass is 467 g/mol. The number of halogens is 3. The van der Waals surface area contributed by atoms with E-state index in [1.165, 1.54) is 7.11 Å². The van der Waals surface area contributed by atoms with Gasteiger partial charge in [-0.2, -0.15) is 13.2 Å². The van der Waals surface area contributed by atoms with Crippen LogP contribution in [0.4, 0.5) is 18.9 Å². The SMILES string of the molecule is COC(=O)C1=C(C(=O)OC)N(c2cc(C(F)(F)F)ccc2Oc2ccccc2OC)COC1. The highest BCUT2D eigenvalue weighted by Crippen LogP contribution is 2.42. The molecule has 8 nitrogen and oxygen atoms in total. The van der Waals surface area contributed by atoms with Gasteiger partial charge in [0.15, 0.2) is 17.2 Å². The van der Waals surface area contributed by atoms with Gasteiger partial charge in [-0.15, -0.1) is 0 Å². The molecule has 0 spiro atoms. The van der Waals surface area contributed by atoms with Crippen molar-refractivity contribution in [3.63, 3.8) is 0 Å². The molecule has 2 aromatic rings. The maximum absolute atomic E-state index is 13.5. The average molecular weight is 467 g/mol. The van der Waals surface area contributed by atoms with E-state index in [2.05, 4.69) is 0 Å². The van der Waals surface area contributed by atoms with Crippen molar-refractivity contribution in [3.05, 3.63) is 59.3 Å². The molecule has 0 saturated carbocycles. The van der Waals surface area contributed by atoms with Crippen molar-refractivity contribution in [2.75, 3.05) is 39.6 Å². The van der Waals surface area contributed by atoms with E-state index in [4.69, 9.17) is 23.7 Å². The van der Waals surface area contributed by atoms with E-state index in [9.17, 15) is 22.8 Å². The Morgan fingerprint density at radius 3 is 2.21 bits per heavy atom. The predicted molar refractivity (Wildman–Crippen MR) is 109 cm³/mol. The quantitative estimate of drug-likeness (QED) is 0.592. The Labute approximate surface area is 187 Å². The van der Waals surface area contributed by atoms with Gasteiger partial charge in [0.1, 0.15) is 12.4 Å². The van der Waals surface area contributed by atoms with E-state index in [-0.39, 0.29) is 41.8 Å². The third-order valence-electron chi connectivity index (χ3n) is 4.70. The van der Waals surface area contributed by atoms with Crippen molar-refractivity contribution in [1.29, 1.82) is 0 Å². The minimum absolute atomic E-state index is 0.0522. The van der Waals surface area contributed by atoms with E-state index in [0.717, 1.165) is 37.3 Å². The maximum atomic E-state index is 13.5. The summed E-state index contributed by atoms with van der Waals surface area (Å²) in [6.07, 6.45) is -4.69. The third kappa shape index (κ3) is 5.03. The number of benzene rings is 2. The molecule has 1 aliphatic rings. The Morgan fingerprint density at radius 1 is 0.939 bits per heavy atom. The van der Waals surface area contributed by atoms with Crippen LogP contribution in [0.15, 0.2) is 53.7 Å². The average Bonchev–Trinajstić information content (AvgIpc) is 2.82. The van der Waals surface area contributed by atoms with Crippen LogP contribution in [-0.2, 0) is 30.0 Å². The van der Waals surface area contributed by atoms with Crippen molar-refractivity contribution >= 4 is 17.6 Å². The van der Waals surface area contributed by atoms with Crippen molar-refractivity contribution < 1.29 is 46.4 Å². The van der Waals surface area contributed by atoms with E-state index in [0.29, 0.717) is 5.75 Å². The van der Waals surface area contributed by atoms with Crippen molar-refractivity contribution in [3.8, 4) is 17.2 Å². The zero-order valence-corrected chi connectivity index (χ0v) is 17.9. The molecule has 0 aromatic heterocycles. The number of rotatable bonds is 6. The summed E-state index contributed by atoms with van der Waals surface area (Å²) in [7, 11) is 3.59. The van der Waals surface area contributed by atoms with Crippen LogP contribution in [0.2, 0.25) is 0 Å². The summed E-state index contributed by atoms with van der Waals surface area (Å²) in [4.78, 5) is 25.9. The molecule has 0 atom stereocenters. The maximum Gasteiger partial charge on any atom is 0.416 e. The lowest BCUT2D eigenvalue weighted by atomic mass is 10.1. The number of ether oxygens (including phenoxy) is 5. The van der Waals surface area contributed by atoms with Gasteiger partial charge in [-0.25, -0.2) is 9.59 Å². The lowest BCUT2D eigenvalue weighted by Gasteiger charge is -2.32. The number of carbonyl (C=O) groups excluding carboxylic acids is 2. The van der Waals surface area contributed by atoms with Crippen LogP contribution >= 0.6 is 0 Å². The topological polar surface area (TPSA) is 83.5 Å². The van der Waals surface area contributed by atoms with Gasteiger partial charge in [-0.05, 0) is 30.3 Å². The number of carbonyl (C=O) groups is 2. The van der Waals surface area contributed by atoms with Crippen molar-refractivity contribution in [2.24, 2.45) is 0 Å². The molecule has 0 saturated heterocycles. The Balaban J connectivity index is 2.21. The van der Waals surface area contributed by atoms with Crippen LogP contribution in [0.1, 0.15) is 5.56 Å². The molecule has 33 heavy (non-hydrogen) atoms. The zero-order chi connectivity index (χ0) is 24.2. The van der Waals surface area contributed by atoms with Crippen LogP contribution in [0.25, 0.3) is 0 Å². The largest absolute Gasteiger partial charge is 0.493 e. The molecule has 11 heteroatoms. The number of anilines is 1. The zero-order valence-electron chi connectivity index (χ0n) is 17.9. The fourth-order valence-corrected chi connectivity index (χ4v) is 3.15. The Bertz CT molecular complexity index is 1080. The van der Waals surface area contributed by atoms with Gasteiger partial charge >= 0.3 is 18.1 Å². The first-order chi connectivity index (χ1) is 15.7. The van der Waals surface area contributed by atoms with Gasteiger partial charge in [0.2, 0.25) is 0 Å². The normalized spacial score (nSPS) is 14.1. The first-order valence-corrected chi connectivity index (χ1v) is 9.48. The molecule has 0 amide bonds. The van der Waals surface area contributed by atoms with E-state index in [1.54, 1.807) is 24.3 Å². The number of methoxy groups -OCH3 is 3. The Kier molecular flexibility index (Phi) is 7.12. The molecule has 0 unspecified atom stereocenters. The molecule has 0 bridgehead atoms. The van der Waals surface area contributed by atoms with Crippen LogP contribution in [0.3, 0.4) is 0 Å². The molecule has 0 N–H and O–H groups in total. The molecule has 1 heterocycles. The van der Waals surface area contributed by atoms with Crippen LogP contribution < -0.4 is 14.4 Å². The smallest absolute Gasteiger partial charge is 0.416 e. The summed E-state index contributed by atoms with van der Waals surface area (Å²) in [6.45, 7) is -0.649. The Hall–Kier alpha value is -3.73. The number of alkyl halides is 3. The van der Waals surface area contributed by atoms with Gasteiger partial charge in [0, 0.05) is 0 Å². The van der Waals surface area contributed by atoms with Crippen molar-refractivity contribution in [1.82, 2.24) is 0 Å². The van der Waals surface area contributed by atoms with E-state index in [1.807, 2.05) is 0 Å². The number of hydrogen-bond donors (Lipinski definition) is 0. The molecule has 0 radical (unpaired) electrons. The first kappa shape index (κ1) is 23.9. The molecule has 0 aliphatic carbocycles. The number of hydrogen-bond acceptors (Lipinski definition) is 8. The van der Waals surface area contributed by atoms with Crippen molar-refractivity contribution in [2.45, 2.75) is 6.18 Å². The summed E-state index contributed by atoms with van der Waals surface area (Å²) in [5, 5.41) is 0. The minimum atomic E-state index is -4.69. The van der Waals surface area contributed by atoms with Gasteiger partial charge in [-0.1, -0.05) is 12.1 Å². The van der Waals surface area contributed by atoms with Crippen LogP contribution in [0, 0.1) is 0 Å². The molecule has 1 aliphatic heterocycles. The summed E-state index contributed by atoms with van der Waals surface area (Å²) in [6, 6.07) is 9.24. The molecule has 0 fully saturated rings. The highest BCUT2D eigenvalue weighted by Gasteiger charge is 2.36. The van der Waals surface area contributed by atoms with Gasteiger partial charge in [0.25, 0.3) is 0 Å². The molecule has 3 rings (SSSR count). The van der Waals surface area contributed by atoms with Gasteiger partial charge in [0.05, 0.1) is 44.8 Å². The Morgan fingerprint density at radius 2 is 1.61 bits per heavy atom. The van der Waals surface area contributed by atoms with Gasteiger partial charge in [-0.3, -0.25) is 0 Å². The second-order valence-corrected chi connectivity index (χ2v) is 6.65. The minimum Gasteiger partial charge on any atom is -0.493 e. The molecular formula is C22H20F3NO7.